The fourth-order valence-electron chi connectivity index (χ4n) is 3.37. The molecule has 0 unspecified atom stereocenters. The maximum Gasteiger partial charge on any atom is -0.172 e. The van der Waals surface area contributed by atoms with Crippen LogP contribution < -0.4 is 24.8 Å². The zero-order valence-corrected chi connectivity index (χ0v) is 25.3. The van der Waals surface area contributed by atoms with E-state index in [0.29, 0.717) is 0 Å². The number of hydrogen-bond acceptors (Lipinski definition) is 0. The van der Waals surface area contributed by atoms with E-state index in [1.165, 1.54) is 70.1 Å². The van der Waals surface area contributed by atoms with Gasteiger partial charge in [0.2, 0.25) is 0 Å². The predicted molar refractivity (Wildman–Crippen MR) is 127 cm³/mol. The van der Waals surface area contributed by atoms with Gasteiger partial charge in [0.1, 0.15) is 0 Å². The molecule has 32 heavy (non-hydrogen) atoms. The maximum atomic E-state index is 3.53. The van der Waals surface area contributed by atoms with E-state index >= 15 is 0 Å². The van der Waals surface area contributed by atoms with Crippen LogP contribution in [0.2, 0.25) is 0 Å². The molecule has 0 nitrogen and oxygen atoms in total. The molecule has 0 bridgehead atoms. The average Bonchev–Trinajstić information content (AvgIpc) is 3.15. The first-order valence-corrected chi connectivity index (χ1v) is 12.8. The fourth-order valence-corrected chi connectivity index (χ4v) is 3.82. The van der Waals surface area contributed by atoms with Crippen molar-refractivity contribution >= 4 is 3.26 Å². The zero-order valence-electron chi connectivity index (χ0n) is 20.2. The van der Waals surface area contributed by atoms with Gasteiger partial charge in [0.25, 0.3) is 0 Å². The molecule has 3 aromatic carbocycles. The van der Waals surface area contributed by atoms with Crippen molar-refractivity contribution in [2.24, 2.45) is 0 Å². The molecule has 0 aromatic heterocycles. The first-order valence-electron chi connectivity index (χ1n) is 11.0. The Morgan fingerprint density at radius 1 is 0.812 bits per heavy atom. The van der Waals surface area contributed by atoms with Crippen LogP contribution in [0.5, 0.6) is 0 Å². The Morgan fingerprint density at radius 3 is 1.78 bits per heavy atom. The van der Waals surface area contributed by atoms with Crippen LogP contribution in [-0.2, 0) is 41.1 Å². The van der Waals surface area contributed by atoms with E-state index in [1.54, 1.807) is 3.26 Å². The molecule has 1 fully saturated rings. The Kier molecular flexibility index (Phi) is 10.9. The number of rotatable bonds is 0. The summed E-state index contributed by atoms with van der Waals surface area (Å²) in [5.41, 5.74) is 8.76. The molecule has 0 N–H and O–H groups in total. The maximum absolute atomic E-state index is 3.53. The largest absolute Gasteiger partial charge is 0.214 e. The van der Waals surface area contributed by atoms with Gasteiger partial charge in [-0.15, -0.1) is 5.56 Å². The SMILES string of the molecule is CC(C)(C)c1c[c-]c2c(c1)-c1cc(C(C)(C)C)ccc1C2.[Cl-].[Cl-].[Hf+2]=[C]1CC1.c1cc[cH-]c1. The van der Waals surface area contributed by atoms with Gasteiger partial charge in [-0.2, -0.15) is 47.5 Å². The van der Waals surface area contributed by atoms with Gasteiger partial charge >= 0.3 is 40.0 Å². The Morgan fingerprint density at radius 2 is 1.34 bits per heavy atom. The first kappa shape index (κ1) is 29.1. The summed E-state index contributed by atoms with van der Waals surface area (Å²) >= 11 is 1.38. The molecule has 0 saturated heterocycles. The van der Waals surface area contributed by atoms with Crippen LogP contribution in [0.25, 0.3) is 11.1 Å². The number of benzene rings is 2. The molecule has 2 aliphatic rings. The molecule has 2 aliphatic carbocycles. The molecule has 0 heterocycles. The first-order chi connectivity index (χ1) is 14.1. The van der Waals surface area contributed by atoms with E-state index in [9.17, 15) is 0 Å². The topological polar surface area (TPSA) is 0 Å². The monoisotopic (exact) mass is 632 g/mol. The normalized spacial score (nSPS) is 13.2. The van der Waals surface area contributed by atoms with E-state index in [1.807, 2.05) is 30.3 Å². The van der Waals surface area contributed by atoms with Crippen LogP contribution in [0, 0.1) is 6.07 Å². The summed E-state index contributed by atoms with van der Waals surface area (Å²) in [7, 11) is 0. The minimum Gasteiger partial charge on any atom is -0.214 e. The molecule has 0 spiro atoms. The number of fused-ring (bicyclic) bond motifs is 3. The van der Waals surface area contributed by atoms with Gasteiger partial charge in [0.15, 0.2) is 0 Å². The van der Waals surface area contributed by atoms with Gasteiger partial charge < -0.3 is 24.8 Å². The molecule has 0 aliphatic heterocycles. The summed E-state index contributed by atoms with van der Waals surface area (Å²) in [6.07, 6.45) is 3.96. The molecule has 3 heteroatoms. The Labute approximate surface area is 222 Å². The van der Waals surface area contributed by atoms with Gasteiger partial charge in [-0.1, -0.05) is 76.3 Å². The van der Waals surface area contributed by atoms with Gasteiger partial charge in [0.05, 0.1) is 0 Å². The molecular weight excluding hydrogens is 598 g/mol. The van der Waals surface area contributed by atoms with Crippen molar-refractivity contribution in [1.82, 2.24) is 0 Å². The predicted octanol–water partition coefficient (Wildman–Crippen LogP) is 1.57. The minimum absolute atomic E-state index is 0. The summed E-state index contributed by atoms with van der Waals surface area (Å²) in [6.45, 7) is 13.6. The fraction of sp³-hybridized carbons (Fsp3) is 0.379. The molecule has 0 atom stereocenters. The number of halogens is 2. The van der Waals surface area contributed by atoms with E-state index in [-0.39, 0.29) is 35.6 Å². The Balaban J connectivity index is 0.000000387. The van der Waals surface area contributed by atoms with Crippen molar-refractivity contribution in [3.8, 4) is 11.1 Å². The second-order valence-electron chi connectivity index (χ2n) is 10.4. The minimum atomic E-state index is 0. The standard InChI is InChI=1S/C21H25.C5H5.C3H4.2ClH.Hf/c1-20(2,3)16-9-7-14-11-15-8-10-17(21(4,5)6)13-19(15)18(14)12-16;1-2-4-5-3-1;1-2-3-1;;;/h7,9-10,12-13H,11H2,1-6H3;1-5H;1-2H2;2*1H;/q2*-1;;;;+2/p-2. The smallest absolute Gasteiger partial charge is 0.172 e. The average molecular weight is 632 g/mol. The van der Waals surface area contributed by atoms with Crippen molar-refractivity contribution in [2.45, 2.75) is 71.6 Å². The van der Waals surface area contributed by atoms with Crippen molar-refractivity contribution in [1.29, 1.82) is 0 Å². The molecule has 0 amide bonds. The summed E-state index contributed by atoms with van der Waals surface area (Å²) in [5.74, 6) is 0. The summed E-state index contributed by atoms with van der Waals surface area (Å²) in [4.78, 5) is 0. The van der Waals surface area contributed by atoms with Crippen molar-refractivity contribution < 1.29 is 48.7 Å². The van der Waals surface area contributed by atoms with Crippen LogP contribution in [0.1, 0.15) is 76.6 Å². The molecule has 1 saturated carbocycles. The molecule has 170 valence electrons. The van der Waals surface area contributed by atoms with E-state index < -0.39 is 0 Å². The third-order valence-electron chi connectivity index (χ3n) is 5.58. The van der Waals surface area contributed by atoms with Crippen LogP contribution >= 0.6 is 0 Å². The van der Waals surface area contributed by atoms with Crippen LogP contribution in [0.4, 0.5) is 0 Å². The van der Waals surface area contributed by atoms with Gasteiger partial charge in [-0.25, -0.2) is 12.1 Å². The second-order valence-corrected chi connectivity index (χ2v) is 12.9. The quantitative estimate of drug-likeness (QED) is 0.204. The van der Waals surface area contributed by atoms with Crippen molar-refractivity contribution in [3.63, 3.8) is 0 Å². The van der Waals surface area contributed by atoms with Crippen molar-refractivity contribution in [2.75, 3.05) is 0 Å². The van der Waals surface area contributed by atoms with Gasteiger partial charge in [-0.3, -0.25) is 0 Å². The summed E-state index contributed by atoms with van der Waals surface area (Å²) < 4.78 is 1.81. The zero-order chi connectivity index (χ0) is 21.9. The van der Waals surface area contributed by atoms with Gasteiger partial charge in [0, 0.05) is 0 Å². The summed E-state index contributed by atoms with van der Waals surface area (Å²) in [6, 6.07) is 25.1. The Hall–Kier alpha value is -0.890. The van der Waals surface area contributed by atoms with Crippen LogP contribution in [0.15, 0.2) is 60.7 Å². The van der Waals surface area contributed by atoms with Crippen LogP contribution in [0.3, 0.4) is 0 Å². The summed E-state index contributed by atoms with van der Waals surface area (Å²) in [5, 5.41) is 0. The Bertz CT molecular complexity index is 918. The van der Waals surface area contributed by atoms with E-state index in [0.717, 1.165) is 6.42 Å². The van der Waals surface area contributed by atoms with E-state index in [4.69, 9.17) is 0 Å². The molecule has 0 radical (unpaired) electrons. The molecule has 3 aromatic rings. The third-order valence-corrected chi connectivity index (χ3v) is 7.38. The number of hydrogen-bond donors (Lipinski definition) is 0. The van der Waals surface area contributed by atoms with E-state index in [2.05, 4.69) is 77.9 Å². The van der Waals surface area contributed by atoms with Crippen LogP contribution in [-0.4, -0.2) is 3.26 Å². The third kappa shape index (κ3) is 8.15. The van der Waals surface area contributed by atoms with Crippen molar-refractivity contribution in [3.05, 3.63) is 89.0 Å². The van der Waals surface area contributed by atoms with Gasteiger partial charge in [-0.05, 0) is 17.4 Å². The molecule has 5 rings (SSSR count). The molecular formula is C29H34Cl2Hf-2. The second kappa shape index (κ2) is 12.0.